The molecule has 2 aromatic carbocycles. The number of anilines is 1. The highest BCUT2D eigenvalue weighted by Crippen LogP contribution is 2.25. The van der Waals surface area contributed by atoms with E-state index in [1.54, 1.807) is 7.11 Å². The molecule has 1 aliphatic rings. The van der Waals surface area contributed by atoms with Crippen molar-refractivity contribution < 1.29 is 13.5 Å². The van der Waals surface area contributed by atoms with Gasteiger partial charge in [0, 0.05) is 36.6 Å². The number of hydrogen-bond donors (Lipinski definition) is 1. The summed E-state index contributed by atoms with van der Waals surface area (Å²) in [4.78, 5) is 11.6. The normalized spacial score (nSPS) is 15.1. The van der Waals surface area contributed by atoms with E-state index in [0.29, 0.717) is 0 Å². The maximum absolute atomic E-state index is 13.8. The summed E-state index contributed by atoms with van der Waals surface area (Å²) in [7, 11) is 1.64. The molecular weight excluding hydrogens is 374 g/mol. The summed E-state index contributed by atoms with van der Waals surface area (Å²) < 4.78 is 32.9. The van der Waals surface area contributed by atoms with E-state index >= 15 is 0 Å². The molecular formula is C22H24F2N4O. The van der Waals surface area contributed by atoms with Gasteiger partial charge in [0.05, 0.1) is 18.3 Å². The number of aryl methyl sites for hydroxylation is 1. The van der Waals surface area contributed by atoms with Crippen molar-refractivity contribution >= 4 is 16.9 Å². The fourth-order valence-corrected chi connectivity index (χ4v) is 3.75. The lowest BCUT2D eigenvalue weighted by molar-refractivity contribution is 0.403. The number of piperidine rings is 1. The van der Waals surface area contributed by atoms with Crippen molar-refractivity contribution in [3.05, 3.63) is 59.3 Å². The first-order valence-corrected chi connectivity index (χ1v) is 9.79. The highest BCUT2D eigenvalue weighted by atomic mass is 19.1. The molecule has 0 amide bonds. The topological polar surface area (TPSA) is 50.3 Å². The molecule has 0 atom stereocenters. The Labute approximate surface area is 168 Å². The molecule has 0 unspecified atom stereocenters. The number of fused-ring (bicyclic) bond motifs is 1. The zero-order valence-corrected chi connectivity index (χ0v) is 16.6. The predicted molar refractivity (Wildman–Crippen MR) is 109 cm³/mol. The minimum Gasteiger partial charge on any atom is -0.497 e. The van der Waals surface area contributed by atoms with Gasteiger partial charge in [0.15, 0.2) is 0 Å². The Hall–Kier alpha value is -2.80. The van der Waals surface area contributed by atoms with E-state index in [1.165, 1.54) is 18.2 Å². The molecule has 1 aliphatic heterocycles. The van der Waals surface area contributed by atoms with E-state index in [4.69, 9.17) is 9.72 Å². The fourth-order valence-electron chi connectivity index (χ4n) is 3.75. The predicted octanol–water partition coefficient (Wildman–Crippen LogP) is 3.98. The Balaban J connectivity index is 1.40. The first-order chi connectivity index (χ1) is 14.0. The van der Waals surface area contributed by atoms with Gasteiger partial charge in [-0.15, -0.1) is 0 Å². The molecule has 2 heterocycles. The average molecular weight is 398 g/mol. The second-order valence-electron chi connectivity index (χ2n) is 7.33. The number of ether oxygens (including phenoxy) is 1. The van der Waals surface area contributed by atoms with Crippen LogP contribution in [0.4, 0.5) is 14.7 Å². The van der Waals surface area contributed by atoms with E-state index in [9.17, 15) is 8.78 Å². The van der Waals surface area contributed by atoms with Crippen molar-refractivity contribution in [1.29, 1.82) is 0 Å². The lowest BCUT2D eigenvalue weighted by Crippen LogP contribution is -2.43. The van der Waals surface area contributed by atoms with Crippen molar-refractivity contribution in [2.75, 3.05) is 25.1 Å². The molecule has 5 nitrogen and oxygen atoms in total. The highest BCUT2D eigenvalue weighted by Gasteiger charge is 2.22. The average Bonchev–Trinajstić information content (AvgIpc) is 2.73. The zero-order chi connectivity index (χ0) is 20.4. The van der Waals surface area contributed by atoms with E-state index in [0.717, 1.165) is 54.2 Å². The standard InChI is InChI=1S/C22H24F2N4O/c1-14-17-12-16(29-2)6-7-21(17)27-22(26-14)28-10-8-15(9-11-28)25-13-18-19(23)4-3-5-20(18)24/h3-7,12,15,25H,8-11,13H2,1-2H3. The SMILES string of the molecule is COc1ccc2nc(N3CCC(NCc4c(F)cccc4F)CC3)nc(C)c2c1. The summed E-state index contributed by atoms with van der Waals surface area (Å²) in [5.74, 6) is 0.493. The van der Waals surface area contributed by atoms with Gasteiger partial charge >= 0.3 is 0 Å². The van der Waals surface area contributed by atoms with Crippen LogP contribution in [0.25, 0.3) is 10.9 Å². The number of halogens is 2. The number of benzene rings is 2. The van der Waals surface area contributed by atoms with Crippen LogP contribution >= 0.6 is 0 Å². The quantitative estimate of drug-likeness (QED) is 0.705. The molecule has 0 radical (unpaired) electrons. The molecule has 7 heteroatoms. The second kappa shape index (κ2) is 8.29. The number of aromatic nitrogens is 2. The van der Waals surface area contributed by atoms with Gasteiger partial charge in [-0.05, 0) is 50.1 Å². The van der Waals surface area contributed by atoms with Gasteiger partial charge < -0.3 is 15.0 Å². The number of methoxy groups -OCH3 is 1. The first-order valence-electron chi connectivity index (χ1n) is 9.79. The summed E-state index contributed by atoms with van der Waals surface area (Å²) in [5, 5.41) is 4.27. The van der Waals surface area contributed by atoms with Gasteiger partial charge in [-0.2, -0.15) is 0 Å². The molecule has 4 rings (SSSR count). The zero-order valence-electron chi connectivity index (χ0n) is 16.6. The van der Waals surface area contributed by atoms with Crippen LogP contribution in [-0.4, -0.2) is 36.2 Å². The minimum atomic E-state index is -0.508. The number of hydrogen-bond acceptors (Lipinski definition) is 5. The lowest BCUT2D eigenvalue weighted by Gasteiger charge is -2.32. The van der Waals surface area contributed by atoms with E-state index in [2.05, 4.69) is 15.2 Å². The Morgan fingerprint density at radius 1 is 1.10 bits per heavy atom. The largest absolute Gasteiger partial charge is 0.497 e. The summed E-state index contributed by atoms with van der Waals surface area (Å²) in [6.07, 6.45) is 1.72. The summed E-state index contributed by atoms with van der Waals surface area (Å²) in [6.45, 7) is 3.75. The Kier molecular flexibility index (Phi) is 5.58. The highest BCUT2D eigenvalue weighted by molar-refractivity contribution is 5.83. The molecule has 0 spiro atoms. The molecule has 0 saturated carbocycles. The number of nitrogens with zero attached hydrogens (tertiary/aromatic N) is 3. The molecule has 1 fully saturated rings. The Bertz CT molecular complexity index is 999. The molecule has 3 aromatic rings. The Morgan fingerprint density at radius 3 is 2.52 bits per heavy atom. The van der Waals surface area contributed by atoms with E-state index < -0.39 is 11.6 Å². The van der Waals surface area contributed by atoms with Crippen LogP contribution in [0.15, 0.2) is 36.4 Å². The molecule has 29 heavy (non-hydrogen) atoms. The summed E-state index contributed by atoms with van der Waals surface area (Å²) in [6, 6.07) is 9.96. The Morgan fingerprint density at radius 2 is 1.83 bits per heavy atom. The summed E-state index contributed by atoms with van der Waals surface area (Å²) >= 11 is 0. The maximum atomic E-state index is 13.8. The van der Waals surface area contributed by atoms with Crippen LogP contribution < -0.4 is 15.0 Å². The number of nitrogens with one attached hydrogen (secondary N) is 1. The minimum absolute atomic E-state index is 0.0962. The van der Waals surface area contributed by atoms with Crippen molar-refractivity contribution in [1.82, 2.24) is 15.3 Å². The van der Waals surface area contributed by atoms with Gasteiger partial charge in [0.25, 0.3) is 0 Å². The molecule has 152 valence electrons. The molecule has 0 bridgehead atoms. The smallest absolute Gasteiger partial charge is 0.226 e. The lowest BCUT2D eigenvalue weighted by atomic mass is 10.0. The fraction of sp³-hybridized carbons (Fsp3) is 0.364. The van der Waals surface area contributed by atoms with Gasteiger partial charge in [-0.1, -0.05) is 6.07 Å². The molecule has 0 aliphatic carbocycles. The van der Waals surface area contributed by atoms with E-state index in [-0.39, 0.29) is 18.2 Å². The van der Waals surface area contributed by atoms with Crippen LogP contribution in [0.5, 0.6) is 5.75 Å². The van der Waals surface area contributed by atoms with Crippen molar-refractivity contribution in [3.63, 3.8) is 0 Å². The molecule has 1 aromatic heterocycles. The van der Waals surface area contributed by atoms with Gasteiger partial charge in [-0.3, -0.25) is 0 Å². The molecule has 1 N–H and O–H groups in total. The van der Waals surface area contributed by atoms with Crippen molar-refractivity contribution in [2.45, 2.75) is 32.4 Å². The van der Waals surface area contributed by atoms with Gasteiger partial charge in [-0.25, -0.2) is 18.7 Å². The van der Waals surface area contributed by atoms with Crippen LogP contribution in [0, 0.1) is 18.6 Å². The van der Waals surface area contributed by atoms with Crippen LogP contribution in [0.2, 0.25) is 0 Å². The third-order valence-electron chi connectivity index (χ3n) is 5.49. The van der Waals surface area contributed by atoms with Gasteiger partial charge in [0.2, 0.25) is 5.95 Å². The third-order valence-corrected chi connectivity index (χ3v) is 5.49. The van der Waals surface area contributed by atoms with Gasteiger partial charge in [0.1, 0.15) is 17.4 Å². The second-order valence-corrected chi connectivity index (χ2v) is 7.33. The monoisotopic (exact) mass is 398 g/mol. The maximum Gasteiger partial charge on any atom is 0.226 e. The van der Waals surface area contributed by atoms with Crippen LogP contribution in [-0.2, 0) is 6.54 Å². The van der Waals surface area contributed by atoms with Crippen molar-refractivity contribution in [2.24, 2.45) is 0 Å². The van der Waals surface area contributed by atoms with E-state index in [1.807, 2.05) is 25.1 Å². The molecule has 1 saturated heterocycles. The van der Waals surface area contributed by atoms with Crippen LogP contribution in [0.3, 0.4) is 0 Å². The van der Waals surface area contributed by atoms with Crippen LogP contribution in [0.1, 0.15) is 24.1 Å². The summed E-state index contributed by atoms with van der Waals surface area (Å²) in [5.41, 5.74) is 1.90. The van der Waals surface area contributed by atoms with Crippen molar-refractivity contribution in [3.8, 4) is 5.75 Å². The number of rotatable bonds is 5. The third kappa shape index (κ3) is 4.15. The first kappa shape index (κ1) is 19.5.